The highest BCUT2D eigenvalue weighted by atomic mass is 35.5. The maximum absolute atomic E-state index is 12.5. The van der Waals surface area contributed by atoms with E-state index < -0.39 is 11.5 Å². The Bertz CT molecular complexity index is 1230. The first kappa shape index (κ1) is 19.0. The predicted octanol–water partition coefficient (Wildman–Crippen LogP) is 4.77. The average molecular weight is 423 g/mol. The summed E-state index contributed by atoms with van der Waals surface area (Å²) in [7, 11) is 0. The first-order chi connectivity index (χ1) is 14.0. The van der Waals surface area contributed by atoms with E-state index in [0.29, 0.717) is 22.1 Å². The molecule has 2 aromatic carbocycles. The van der Waals surface area contributed by atoms with Gasteiger partial charge in [0.15, 0.2) is 0 Å². The Labute approximate surface area is 175 Å². The van der Waals surface area contributed by atoms with Crippen LogP contribution in [0.15, 0.2) is 64.9 Å². The number of thiazole rings is 1. The lowest BCUT2D eigenvalue weighted by molar-refractivity contribution is 0.102. The van der Waals surface area contributed by atoms with Gasteiger partial charge in [-0.15, -0.1) is 11.3 Å². The van der Waals surface area contributed by atoms with Crippen LogP contribution in [0.1, 0.15) is 15.4 Å². The van der Waals surface area contributed by atoms with Crippen LogP contribution in [0.2, 0.25) is 5.02 Å². The molecular weight excluding hydrogens is 408 g/mol. The van der Waals surface area contributed by atoms with Gasteiger partial charge in [-0.3, -0.25) is 9.59 Å². The molecule has 144 valence electrons. The van der Waals surface area contributed by atoms with Gasteiger partial charge in [0.25, 0.3) is 11.5 Å². The molecule has 0 saturated carbocycles. The minimum Gasteiger partial charge on any atom is -0.322 e. The van der Waals surface area contributed by atoms with Crippen LogP contribution in [0, 0.1) is 6.92 Å². The Morgan fingerprint density at radius 2 is 1.76 bits per heavy atom. The number of halogens is 1. The number of anilines is 1. The van der Waals surface area contributed by atoms with Crippen molar-refractivity contribution in [2.75, 3.05) is 5.32 Å². The molecule has 6 nitrogen and oxygen atoms in total. The summed E-state index contributed by atoms with van der Waals surface area (Å²) in [6.07, 6.45) is 1.27. The highest BCUT2D eigenvalue weighted by molar-refractivity contribution is 7.09. The van der Waals surface area contributed by atoms with E-state index in [1.807, 2.05) is 24.4 Å². The smallest absolute Gasteiger partial charge is 0.264 e. The monoisotopic (exact) mass is 422 g/mol. The summed E-state index contributed by atoms with van der Waals surface area (Å²) in [5.74, 6) is -0.162. The number of carbonyl (C=O) groups is 1. The number of nitrogens with zero attached hydrogens (tertiary/aromatic N) is 2. The fourth-order valence-electron chi connectivity index (χ4n) is 2.73. The van der Waals surface area contributed by atoms with E-state index in [9.17, 15) is 9.59 Å². The maximum atomic E-state index is 12.5. The van der Waals surface area contributed by atoms with Gasteiger partial charge in [0.2, 0.25) is 0 Å². The van der Waals surface area contributed by atoms with Gasteiger partial charge in [0, 0.05) is 33.4 Å². The zero-order valence-electron chi connectivity index (χ0n) is 15.3. The van der Waals surface area contributed by atoms with Crippen molar-refractivity contribution in [2.45, 2.75) is 6.92 Å². The third-order valence-corrected chi connectivity index (χ3v) is 5.24. The first-order valence-corrected chi connectivity index (χ1v) is 9.94. The molecule has 2 aromatic heterocycles. The van der Waals surface area contributed by atoms with Crippen molar-refractivity contribution in [1.82, 2.24) is 15.0 Å². The molecule has 4 aromatic rings. The zero-order chi connectivity index (χ0) is 20.4. The van der Waals surface area contributed by atoms with Gasteiger partial charge >= 0.3 is 0 Å². The SMILES string of the molecule is Cc1nc(-c2ccc(NC(=O)c3cnc(-c4ccc(Cl)cc4)[nH]c3=O)cc2)cs1. The van der Waals surface area contributed by atoms with Crippen molar-refractivity contribution >= 4 is 34.5 Å². The van der Waals surface area contributed by atoms with Crippen LogP contribution >= 0.6 is 22.9 Å². The molecule has 8 heteroatoms. The number of carbonyl (C=O) groups excluding carboxylic acids is 1. The van der Waals surface area contributed by atoms with Crippen molar-refractivity contribution < 1.29 is 4.79 Å². The zero-order valence-corrected chi connectivity index (χ0v) is 16.8. The van der Waals surface area contributed by atoms with E-state index in [-0.39, 0.29) is 5.56 Å². The molecule has 4 rings (SSSR count). The van der Waals surface area contributed by atoms with Crippen LogP contribution in [0.3, 0.4) is 0 Å². The van der Waals surface area contributed by atoms with Crippen molar-refractivity contribution in [1.29, 1.82) is 0 Å². The summed E-state index contributed by atoms with van der Waals surface area (Å²) < 4.78 is 0. The number of rotatable bonds is 4. The number of aryl methyl sites for hydroxylation is 1. The lowest BCUT2D eigenvalue weighted by atomic mass is 10.1. The van der Waals surface area contributed by atoms with Crippen LogP contribution in [-0.4, -0.2) is 20.9 Å². The largest absolute Gasteiger partial charge is 0.322 e. The molecule has 0 aliphatic heterocycles. The molecule has 0 spiro atoms. The van der Waals surface area contributed by atoms with Gasteiger partial charge in [-0.1, -0.05) is 23.7 Å². The van der Waals surface area contributed by atoms with Crippen LogP contribution in [0.25, 0.3) is 22.6 Å². The number of hydrogen-bond donors (Lipinski definition) is 2. The fraction of sp³-hybridized carbons (Fsp3) is 0.0476. The Morgan fingerprint density at radius 3 is 2.38 bits per heavy atom. The Kier molecular flexibility index (Phi) is 5.24. The van der Waals surface area contributed by atoms with Crippen molar-refractivity contribution in [2.24, 2.45) is 0 Å². The normalized spacial score (nSPS) is 10.7. The van der Waals surface area contributed by atoms with Gasteiger partial charge < -0.3 is 10.3 Å². The minimum absolute atomic E-state index is 0.0677. The lowest BCUT2D eigenvalue weighted by Crippen LogP contribution is -2.24. The van der Waals surface area contributed by atoms with Crippen molar-refractivity contribution in [3.63, 3.8) is 0 Å². The number of nitrogens with one attached hydrogen (secondary N) is 2. The summed E-state index contributed by atoms with van der Waals surface area (Å²) in [6.45, 7) is 1.95. The van der Waals surface area contributed by atoms with E-state index >= 15 is 0 Å². The van der Waals surface area contributed by atoms with Gasteiger partial charge in [0.1, 0.15) is 11.4 Å². The highest BCUT2D eigenvalue weighted by Gasteiger charge is 2.13. The second-order valence-electron chi connectivity index (χ2n) is 6.26. The number of aromatic nitrogens is 3. The summed E-state index contributed by atoms with van der Waals surface area (Å²) in [4.78, 5) is 36.1. The molecule has 1 amide bonds. The second-order valence-corrected chi connectivity index (χ2v) is 7.76. The molecule has 0 unspecified atom stereocenters. The van der Waals surface area contributed by atoms with E-state index in [4.69, 9.17) is 11.6 Å². The molecule has 0 radical (unpaired) electrons. The third-order valence-electron chi connectivity index (χ3n) is 4.22. The van der Waals surface area contributed by atoms with E-state index in [2.05, 4.69) is 20.3 Å². The average Bonchev–Trinajstić information content (AvgIpc) is 3.15. The number of amides is 1. The Morgan fingerprint density at radius 1 is 1.07 bits per heavy atom. The van der Waals surface area contributed by atoms with Crippen LogP contribution < -0.4 is 10.9 Å². The van der Waals surface area contributed by atoms with E-state index in [0.717, 1.165) is 16.3 Å². The molecule has 2 heterocycles. The number of aromatic amines is 1. The summed E-state index contributed by atoms with van der Waals surface area (Å²) in [6, 6.07) is 14.2. The summed E-state index contributed by atoms with van der Waals surface area (Å²) in [5, 5.41) is 6.28. The molecule has 0 fully saturated rings. The molecule has 0 aliphatic carbocycles. The van der Waals surface area contributed by atoms with Gasteiger partial charge in [-0.25, -0.2) is 9.97 Å². The Balaban J connectivity index is 1.51. The van der Waals surface area contributed by atoms with Gasteiger partial charge in [-0.2, -0.15) is 0 Å². The molecule has 0 bridgehead atoms. The first-order valence-electron chi connectivity index (χ1n) is 8.69. The van der Waals surface area contributed by atoms with Gasteiger partial charge in [0.05, 0.1) is 10.7 Å². The number of H-pyrrole nitrogens is 1. The minimum atomic E-state index is -0.529. The molecular formula is C21H15ClN4O2S. The van der Waals surface area contributed by atoms with E-state index in [1.165, 1.54) is 6.20 Å². The van der Waals surface area contributed by atoms with Crippen LogP contribution in [0.4, 0.5) is 5.69 Å². The second kappa shape index (κ2) is 7.98. The molecule has 29 heavy (non-hydrogen) atoms. The summed E-state index contributed by atoms with van der Waals surface area (Å²) in [5.41, 5.74) is 2.54. The van der Waals surface area contributed by atoms with Crippen molar-refractivity contribution in [3.8, 4) is 22.6 Å². The predicted molar refractivity (Wildman–Crippen MR) is 116 cm³/mol. The van der Waals surface area contributed by atoms with Crippen LogP contribution in [0.5, 0.6) is 0 Å². The topological polar surface area (TPSA) is 87.7 Å². The molecule has 0 atom stereocenters. The number of benzene rings is 2. The summed E-state index contributed by atoms with van der Waals surface area (Å²) >= 11 is 7.45. The highest BCUT2D eigenvalue weighted by Crippen LogP contribution is 2.23. The van der Waals surface area contributed by atoms with Crippen LogP contribution in [-0.2, 0) is 0 Å². The maximum Gasteiger partial charge on any atom is 0.264 e. The quantitative estimate of drug-likeness (QED) is 0.495. The van der Waals surface area contributed by atoms with Crippen molar-refractivity contribution in [3.05, 3.63) is 86.1 Å². The lowest BCUT2D eigenvalue weighted by Gasteiger charge is -2.06. The standard InChI is InChI=1S/C21H15ClN4O2S/c1-12-24-18(11-29-12)13-4-8-16(9-5-13)25-20(27)17-10-23-19(26-21(17)28)14-2-6-15(22)7-3-14/h2-11H,1H3,(H,25,27)(H,23,26,28). The Hall–Kier alpha value is -3.29. The number of hydrogen-bond acceptors (Lipinski definition) is 5. The fourth-order valence-corrected chi connectivity index (χ4v) is 3.48. The third kappa shape index (κ3) is 4.26. The molecule has 2 N–H and O–H groups in total. The van der Waals surface area contributed by atoms with E-state index in [1.54, 1.807) is 47.7 Å². The molecule has 0 saturated heterocycles. The van der Waals surface area contributed by atoms with Gasteiger partial charge in [-0.05, 0) is 43.3 Å². The molecule has 0 aliphatic rings.